The molecule has 0 saturated heterocycles. The summed E-state index contributed by atoms with van der Waals surface area (Å²) in [6.45, 7) is 5.94. The molecule has 0 amide bonds. The number of alkyl halides is 1. The quantitative estimate of drug-likeness (QED) is 0.608. The molecule has 1 aromatic rings. The lowest BCUT2D eigenvalue weighted by atomic mass is 10.0. The molecular formula is C18H24FNS. The summed E-state index contributed by atoms with van der Waals surface area (Å²) in [7, 11) is 0. The molecule has 0 atom stereocenters. The molecule has 21 heavy (non-hydrogen) atoms. The van der Waals surface area contributed by atoms with Crippen molar-refractivity contribution in [3.63, 3.8) is 0 Å². The van der Waals surface area contributed by atoms with Crippen molar-refractivity contribution in [3.05, 3.63) is 58.3 Å². The van der Waals surface area contributed by atoms with E-state index >= 15 is 0 Å². The topological polar surface area (TPSA) is 12.9 Å². The summed E-state index contributed by atoms with van der Waals surface area (Å²) in [5.74, 6) is 0. The number of aromatic nitrogens is 1. The van der Waals surface area contributed by atoms with Crippen LogP contribution in [0.4, 0.5) is 4.39 Å². The van der Waals surface area contributed by atoms with E-state index in [2.05, 4.69) is 37.2 Å². The monoisotopic (exact) mass is 305 g/mol. The highest BCUT2D eigenvalue weighted by atomic mass is 32.2. The van der Waals surface area contributed by atoms with E-state index in [9.17, 15) is 4.39 Å². The number of nitrogens with zero attached hydrogens (tertiary/aromatic N) is 1. The predicted molar refractivity (Wildman–Crippen MR) is 93.2 cm³/mol. The highest BCUT2D eigenvalue weighted by Gasteiger charge is 2.10. The summed E-state index contributed by atoms with van der Waals surface area (Å²) in [4.78, 5) is 5.78. The number of rotatable bonds is 7. The number of pyridine rings is 1. The molecule has 0 fully saturated rings. The van der Waals surface area contributed by atoms with Crippen molar-refractivity contribution in [3.8, 4) is 0 Å². The van der Waals surface area contributed by atoms with E-state index in [1.165, 1.54) is 16.1 Å². The Morgan fingerprint density at radius 2 is 2.10 bits per heavy atom. The molecule has 0 aliphatic heterocycles. The third kappa shape index (κ3) is 5.50. The Hall–Kier alpha value is -1.35. The number of hydrogen-bond donors (Lipinski definition) is 0. The van der Waals surface area contributed by atoms with Crippen LogP contribution in [0.3, 0.4) is 0 Å². The van der Waals surface area contributed by atoms with Crippen LogP contribution in [0, 0.1) is 0 Å². The van der Waals surface area contributed by atoms with Gasteiger partial charge in [-0.3, -0.25) is 9.37 Å². The van der Waals surface area contributed by atoms with Gasteiger partial charge < -0.3 is 0 Å². The van der Waals surface area contributed by atoms with Crippen molar-refractivity contribution in [2.24, 2.45) is 0 Å². The van der Waals surface area contributed by atoms with Crippen molar-refractivity contribution in [1.29, 1.82) is 0 Å². The molecule has 0 spiro atoms. The van der Waals surface area contributed by atoms with E-state index in [1.807, 2.05) is 31.3 Å². The Bertz CT molecular complexity index is 523. The van der Waals surface area contributed by atoms with Gasteiger partial charge in [-0.15, -0.1) is 11.8 Å². The van der Waals surface area contributed by atoms with Crippen molar-refractivity contribution >= 4 is 17.3 Å². The smallest absolute Gasteiger partial charge is 0.0897 e. The van der Waals surface area contributed by atoms with Gasteiger partial charge >= 0.3 is 0 Å². The molecule has 0 bridgehead atoms. The minimum absolute atomic E-state index is 0.274. The summed E-state index contributed by atoms with van der Waals surface area (Å²) >= 11 is 1.72. The van der Waals surface area contributed by atoms with E-state index in [0.717, 1.165) is 17.7 Å². The lowest BCUT2D eigenvalue weighted by Gasteiger charge is -2.12. The second-order valence-electron chi connectivity index (χ2n) is 4.98. The fourth-order valence-electron chi connectivity index (χ4n) is 2.06. The molecule has 114 valence electrons. The van der Waals surface area contributed by atoms with Gasteiger partial charge in [-0.1, -0.05) is 23.8 Å². The van der Waals surface area contributed by atoms with Crippen LogP contribution in [0.2, 0.25) is 0 Å². The van der Waals surface area contributed by atoms with Gasteiger partial charge in [0, 0.05) is 16.7 Å². The van der Waals surface area contributed by atoms with Gasteiger partial charge in [0.05, 0.1) is 12.4 Å². The largest absolute Gasteiger partial charge is 0.256 e. The Kier molecular flexibility index (Phi) is 8.06. The summed E-state index contributed by atoms with van der Waals surface area (Å²) in [5.41, 5.74) is 4.48. The molecule has 0 N–H and O–H groups in total. The zero-order valence-corrected chi connectivity index (χ0v) is 14.1. The zero-order chi connectivity index (χ0) is 15.7. The average molecular weight is 305 g/mol. The lowest BCUT2D eigenvalue weighted by molar-refractivity contribution is 0.473. The summed E-state index contributed by atoms with van der Waals surface area (Å²) in [6.07, 6.45) is 11.4. The molecule has 1 aromatic heterocycles. The molecule has 0 aliphatic rings. The Labute approximate surface area is 132 Å². The first-order chi connectivity index (χ1) is 10.1. The summed E-state index contributed by atoms with van der Waals surface area (Å²) in [6, 6.07) is 4.09. The van der Waals surface area contributed by atoms with E-state index < -0.39 is 0 Å². The summed E-state index contributed by atoms with van der Waals surface area (Å²) < 4.78 is 12.2. The van der Waals surface area contributed by atoms with E-state index in [1.54, 1.807) is 11.8 Å². The van der Waals surface area contributed by atoms with Gasteiger partial charge in [-0.25, -0.2) is 0 Å². The third-order valence-electron chi connectivity index (χ3n) is 3.09. The fraction of sp³-hybridized carbons (Fsp3) is 0.389. The van der Waals surface area contributed by atoms with Crippen LogP contribution in [-0.2, 0) is 6.42 Å². The van der Waals surface area contributed by atoms with Crippen molar-refractivity contribution in [1.82, 2.24) is 4.98 Å². The van der Waals surface area contributed by atoms with Crippen LogP contribution >= 0.6 is 11.8 Å². The molecule has 0 unspecified atom stereocenters. The van der Waals surface area contributed by atoms with Crippen LogP contribution in [-0.4, -0.2) is 17.9 Å². The molecule has 1 rings (SSSR count). The van der Waals surface area contributed by atoms with Gasteiger partial charge in [-0.05, 0) is 57.6 Å². The van der Waals surface area contributed by atoms with Gasteiger partial charge in [0.1, 0.15) is 0 Å². The maximum Gasteiger partial charge on any atom is 0.0897 e. The molecule has 1 nitrogen and oxygen atoms in total. The van der Waals surface area contributed by atoms with Crippen molar-refractivity contribution < 1.29 is 4.39 Å². The minimum Gasteiger partial charge on any atom is -0.256 e. The van der Waals surface area contributed by atoms with Crippen LogP contribution in [0.5, 0.6) is 0 Å². The van der Waals surface area contributed by atoms with Crippen molar-refractivity contribution in [2.45, 2.75) is 33.6 Å². The normalized spacial score (nSPS) is 12.0. The van der Waals surface area contributed by atoms with E-state index in [0.29, 0.717) is 6.42 Å². The molecule has 0 aliphatic carbocycles. The number of aryl methyl sites for hydroxylation is 1. The first-order valence-corrected chi connectivity index (χ1v) is 8.42. The molecule has 0 radical (unpaired) electrons. The zero-order valence-electron chi connectivity index (χ0n) is 13.3. The SMILES string of the molecule is C/C=C\C=C(\SC)C(=C(C)C)c1ccc(CCCF)cn1. The number of thioether (sulfide) groups is 1. The summed E-state index contributed by atoms with van der Waals surface area (Å²) in [5, 5.41) is 0. The van der Waals surface area contributed by atoms with Gasteiger partial charge in [0.15, 0.2) is 0 Å². The first-order valence-electron chi connectivity index (χ1n) is 7.20. The lowest BCUT2D eigenvalue weighted by Crippen LogP contribution is -1.96. The average Bonchev–Trinajstić information content (AvgIpc) is 2.49. The van der Waals surface area contributed by atoms with Crippen LogP contribution in [0.15, 0.2) is 47.0 Å². The van der Waals surface area contributed by atoms with Gasteiger partial charge in [0.25, 0.3) is 0 Å². The Balaban J connectivity index is 3.10. The highest BCUT2D eigenvalue weighted by Crippen LogP contribution is 2.32. The first kappa shape index (κ1) is 17.7. The number of halogens is 1. The highest BCUT2D eigenvalue weighted by molar-refractivity contribution is 8.03. The van der Waals surface area contributed by atoms with Crippen molar-refractivity contribution in [2.75, 3.05) is 12.9 Å². The second kappa shape index (κ2) is 9.56. The predicted octanol–water partition coefficient (Wildman–Crippen LogP) is 5.60. The third-order valence-corrected chi connectivity index (χ3v) is 3.87. The van der Waals surface area contributed by atoms with Gasteiger partial charge in [0.2, 0.25) is 0 Å². The Morgan fingerprint density at radius 1 is 1.33 bits per heavy atom. The van der Waals surface area contributed by atoms with Crippen LogP contribution in [0.1, 0.15) is 38.4 Å². The maximum absolute atomic E-state index is 12.2. The van der Waals surface area contributed by atoms with Gasteiger partial charge in [-0.2, -0.15) is 0 Å². The molecule has 3 heteroatoms. The molecule has 1 heterocycles. The fourth-order valence-corrected chi connectivity index (χ4v) is 2.78. The second-order valence-corrected chi connectivity index (χ2v) is 5.83. The Morgan fingerprint density at radius 3 is 2.57 bits per heavy atom. The standard InChI is InChI=1S/C18H24FNS/c1-5-6-9-17(21-4)18(14(2)3)16-11-10-15(13-20-16)8-7-12-19/h5-6,9-11,13H,7-8,12H2,1-4H3/b6-5-,17-9+. The number of allylic oxidation sites excluding steroid dienone is 5. The van der Waals surface area contributed by atoms with E-state index in [-0.39, 0.29) is 6.67 Å². The van der Waals surface area contributed by atoms with Crippen LogP contribution < -0.4 is 0 Å². The molecule has 0 aromatic carbocycles. The molecule has 0 saturated carbocycles. The number of hydrogen-bond acceptors (Lipinski definition) is 2. The minimum atomic E-state index is -0.274. The maximum atomic E-state index is 12.2. The van der Waals surface area contributed by atoms with E-state index in [4.69, 9.17) is 0 Å². The van der Waals surface area contributed by atoms with Crippen LogP contribution in [0.25, 0.3) is 5.57 Å². The molecular weight excluding hydrogens is 281 g/mol.